The molecule has 1 aliphatic carbocycles. The Labute approximate surface area is 61.5 Å². The van der Waals surface area contributed by atoms with Crippen LogP contribution in [-0.4, -0.2) is 20.1 Å². The number of carbonyl (C=O) groups excluding carboxylic acids is 1. The SMILES string of the molecule is COC.NC(=O)C1CCC1. The fraction of sp³-hybridized carbons (Fsp3) is 0.857. The summed E-state index contributed by atoms with van der Waals surface area (Å²) in [4.78, 5) is 10.2. The Hall–Kier alpha value is -0.570. The van der Waals surface area contributed by atoms with Gasteiger partial charge >= 0.3 is 0 Å². The molecule has 0 aromatic carbocycles. The van der Waals surface area contributed by atoms with Gasteiger partial charge in [0, 0.05) is 20.1 Å². The molecule has 2 N–H and O–H groups in total. The molecule has 0 aliphatic heterocycles. The van der Waals surface area contributed by atoms with Gasteiger partial charge in [-0.05, 0) is 12.8 Å². The average Bonchev–Trinajstić information content (AvgIpc) is 1.59. The molecule has 0 spiro atoms. The van der Waals surface area contributed by atoms with Crippen LogP contribution in [0, 0.1) is 5.92 Å². The Morgan fingerprint density at radius 3 is 1.90 bits per heavy atom. The molecule has 1 amide bonds. The summed E-state index contributed by atoms with van der Waals surface area (Å²) in [5.41, 5.74) is 4.96. The maximum absolute atomic E-state index is 10.2. The average molecular weight is 145 g/mol. The van der Waals surface area contributed by atoms with E-state index in [1.807, 2.05) is 0 Å². The van der Waals surface area contributed by atoms with Crippen LogP contribution in [0.1, 0.15) is 19.3 Å². The van der Waals surface area contributed by atoms with Crippen molar-refractivity contribution >= 4 is 5.91 Å². The second-order valence-corrected chi connectivity index (χ2v) is 2.44. The van der Waals surface area contributed by atoms with Crippen molar-refractivity contribution in [3.8, 4) is 0 Å². The van der Waals surface area contributed by atoms with Crippen molar-refractivity contribution in [2.75, 3.05) is 14.2 Å². The highest BCUT2D eigenvalue weighted by Crippen LogP contribution is 2.25. The van der Waals surface area contributed by atoms with Gasteiger partial charge in [0.2, 0.25) is 5.91 Å². The Morgan fingerprint density at radius 2 is 1.90 bits per heavy atom. The summed E-state index contributed by atoms with van der Waals surface area (Å²) in [6, 6.07) is 0. The molecule has 0 bridgehead atoms. The molecule has 1 saturated carbocycles. The largest absolute Gasteiger partial charge is 0.388 e. The van der Waals surface area contributed by atoms with Crippen LogP contribution in [0.4, 0.5) is 0 Å². The molecule has 10 heavy (non-hydrogen) atoms. The molecule has 0 unspecified atom stereocenters. The van der Waals surface area contributed by atoms with E-state index in [4.69, 9.17) is 5.73 Å². The molecule has 0 aromatic rings. The maximum atomic E-state index is 10.2. The fourth-order valence-electron chi connectivity index (χ4n) is 0.693. The lowest BCUT2D eigenvalue weighted by Gasteiger charge is -2.20. The van der Waals surface area contributed by atoms with E-state index in [2.05, 4.69) is 4.74 Å². The molecule has 0 heterocycles. The van der Waals surface area contributed by atoms with E-state index < -0.39 is 0 Å². The Bertz CT molecular complexity index is 99.8. The van der Waals surface area contributed by atoms with Gasteiger partial charge in [-0.15, -0.1) is 0 Å². The number of nitrogens with two attached hydrogens (primary N) is 1. The number of carbonyl (C=O) groups is 1. The van der Waals surface area contributed by atoms with Gasteiger partial charge in [0.05, 0.1) is 0 Å². The van der Waals surface area contributed by atoms with E-state index in [1.54, 1.807) is 14.2 Å². The van der Waals surface area contributed by atoms with Crippen molar-refractivity contribution in [1.29, 1.82) is 0 Å². The summed E-state index contributed by atoms with van der Waals surface area (Å²) in [6.07, 6.45) is 3.23. The minimum absolute atomic E-state index is 0.119. The van der Waals surface area contributed by atoms with Crippen LogP contribution in [0.5, 0.6) is 0 Å². The van der Waals surface area contributed by atoms with E-state index >= 15 is 0 Å². The fourth-order valence-corrected chi connectivity index (χ4v) is 0.693. The van der Waals surface area contributed by atoms with E-state index in [0.29, 0.717) is 0 Å². The second kappa shape index (κ2) is 5.23. The highest BCUT2D eigenvalue weighted by atomic mass is 16.4. The molecular formula is C7H15NO2. The van der Waals surface area contributed by atoms with E-state index in [9.17, 15) is 4.79 Å². The van der Waals surface area contributed by atoms with Crippen molar-refractivity contribution in [1.82, 2.24) is 0 Å². The first-order chi connectivity index (χ1) is 4.72. The highest BCUT2D eigenvalue weighted by Gasteiger charge is 2.21. The normalized spacial score (nSPS) is 16.6. The number of ether oxygens (including phenoxy) is 1. The predicted molar refractivity (Wildman–Crippen MR) is 39.5 cm³/mol. The lowest BCUT2D eigenvalue weighted by atomic mass is 9.85. The standard InChI is InChI=1S/C5H9NO.C2H6O/c6-5(7)4-2-1-3-4;1-3-2/h4H,1-3H2,(H2,6,7);1-2H3. The maximum Gasteiger partial charge on any atom is 0.220 e. The number of methoxy groups -OCH3 is 1. The smallest absolute Gasteiger partial charge is 0.220 e. The molecule has 1 rings (SSSR count). The molecule has 60 valence electrons. The van der Waals surface area contributed by atoms with Crippen LogP contribution in [0.15, 0.2) is 0 Å². The Kier molecular flexibility index (Phi) is 4.94. The van der Waals surface area contributed by atoms with Crippen molar-refractivity contribution < 1.29 is 9.53 Å². The summed E-state index contributed by atoms with van der Waals surface area (Å²) in [5, 5.41) is 0. The number of hydrogen-bond acceptors (Lipinski definition) is 2. The number of hydrogen-bond donors (Lipinski definition) is 1. The van der Waals surface area contributed by atoms with Crippen molar-refractivity contribution in [2.24, 2.45) is 11.7 Å². The quantitative estimate of drug-likeness (QED) is 0.585. The van der Waals surface area contributed by atoms with Crippen LogP contribution in [0.25, 0.3) is 0 Å². The first kappa shape index (κ1) is 9.43. The lowest BCUT2D eigenvalue weighted by molar-refractivity contribution is -0.124. The van der Waals surface area contributed by atoms with E-state index in [-0.39, 0.29) is 11.8 Å². The third-order valence-electron chi connectivity index (χ3n) is 1.51. The summed E-state index contributed by atoms with van der Waals surface area (Å²) in [7, 11) is 3.25. The zero-order valence-corrected chi connectivity index (χ0v) is 6.59. The minimum atomic E-state index is -0.119. The minimum Gasteiger partial charge on any atom is -0.388 e. The molecule has 1 fully saturated rings. The van der Waals surface area contributed by atoms with Gasteiger partial charge in [-0.25, -0.2) is 0 Å². The van der Waals surface area contributed by atoms with Gasteiger partial charge in [0.1, 0.15) is 0 Å². The van der Waals surface area contributed by atoms with Crippen molar-refractivity contribution in [2.45, 2.75) is 19.3 Å². The summed E-state index contributed by atoms with van der Waals surface area (Å²) in [6.45, 7) is 0. The van der Waals surface area contributed by atoms with Gasteiger partial charge in [0.15, 0.2) is 0 Å². The van der Waals surface area contributed by atoms with Gasteiger partial charge in [-0.1, -0.05) is 6.42 Å². The van der Waals surface area contributed by atoms with Gasteiger partial charge in [-0.3, -0.25) is 4.79 Å². The monoisotopic (exact) mass is 145 g/mol. The molecule has 0 saturated heterocycles. The highest BCUT2D eigenvalue weighted by molar-refractivity contribution is 5.77. The van der Waals surface area contributed by atoms with E-state index in [1.165, 1.54) is 6.42 Å². The molecule has 3 nitrogen and oxygen atoms in total. The lowest BCUT2D eigenvalue weighted by Crippen LogP contribution is -2.28. The first-order valence-corrected chi connectivity index (χ1v) is 3.41. The first-order valence-electron chi connectivity index (χ1n) is 3.41. The Morgan fingerprint density at radius 1 is 1.50 bits per heavy atom. The molecule has 0 radical (unpaired) electrons. The van der Waals surface area contributed by atoms with Crippen LogP contribution in [-0.2, 0) is 9.53 Å². The van der Waals surface area contributed by atoms with Gasteiger partial charge in [0.25, 0.3) is 0 Å². The zero-order valence-electron chi connectivity index (χ0n) is 6.59. The zero-order chi connectivity index (χ0) is 7.98. The topological polar surface area (TPSA) is 52.3 Å². The molecular weight excluding hydrogens is 130 g/mol. The second-order valence-electron chi connectivity index (χ2n) is 2.44. The van der Waals surface area contributed by atoms with Crippen LogP contribution in [0.3, 0.4) is 0 Å². The predicted octanol–water partition coefficient (Wildman–Crippen LogP) is 0.534. The third kappa shape index (κ3) is 3.45. The van der Waals surface area contributed by atoms with Gasteiger partial charge < -0.3 is 10.5 Å². The molecule has 0 aromatic heterocycles. The van der Waals surface area contributed by atoms with Crippen LogP contribution in [0.2, 0.25) is 0 Å². The summed E-state index contributed by atoms with van der Waals surface area (Å²) in [5.74, 6) is 0.103. The van der Waals surface area contributed by atoms with E-state index in [0.717, 1.165) is 12.8 Å². The summed E-state index contributed by atoms with van der Waals surface area (Å²) < 4.78 is 4.25. The molecule has 3 heteroatoms. The molecule has 1 aliphatic rings. The van der Waals surface area contributed by atoms with Crippen molar-refractivity contribution in [3.63, 3.8) is 0 Å². The third-order valence-corrected chi connectivity index (χ3v) is 1.51. The number of primary amides is 1. The van der Waals surface area contributed by atoms with Crippen LogP contribution < -0.4 is 5.73 Å². The number of amides is 1. The number of rotatable bonds is 1. The van der Waals surface area contributed by atoms with Crippen LogP contribution >= 0.6 is 0 Å². The molecule has 0 atom stereocenters. The van der Waals surface area contributed by atoms with Crippen molar-refractivity contribution in [3.05, 3.63) is 0 Å². The summed E-state index contributed by atoms with van der Waals surface area (Å²) >= 11 is 0. The Balaban J connectivity index is 0.000000236. The van der Waals surface area contributed by atoms with Gasteiger partial charge in [-0.2, -0.15) is 0 Å².